The quantitative estimate of drug-likeness (QED) is 0.617. The van der Waals surface area contributed by atoms with E-state index in [-0.39, 0.29) is 5.82 Å². The highest BCUT2D eigenvalue weighted by atomic mass is 19.1. The topological polar surface area (TPSA) is 59.4 Å². The number of hydrogen-bond acceptors (Lipinski definition) is 3. The number of H-pyrrole nitrogens is 1. The van der Waals surface area contributed by atoms with Crippen molar-refractivity contribution in [3.8, 4) is 16.9 Å². The van der Waals surface area contributed by atoms with Crippen molar-refractivity contribution in [3.05, 3.63) is 60.4 Å². The maximum absolute atomic E-state index is 13.3. The van der Waals surface area contributed by atoms with E-state index in [1.165, 1.54) is 12.1 Å². The highest BCUT2D eigenvalue weighted by molar-refractivity contribution is 5.95. The Morgan fingerprint density at radius 3 is 2.86 bits per heavy atom. The number of aromatic amines is 1. The van der Waals surface area contributed by atoms with E-state index in [0.717, 1.165) is 27.7 Å². The van der Waals surface area contributed by atoms with Crippen LogP contribution in [-0.4, -0.2) is 25.0 Å². The lowest BCUT2D eigenvalue weighted by molar-refractivity contribution is 0.629. The van der Waals surface area contributed by atoms with Crippen molar-refractivity contribution >= 4 is 10.9 Å². The second-order valence-corrected chi connectivity index (χ2v) is 5.10. The molecule has 0 spiro atoms. The Hall–Kier alpha value is -3.02. The van der Waals surface area contributed by atoms with E-state index in [0.29, 0.717) is 5.82 Å². The molecule has 0 saturated heterocycles. The van der Waals surface area contributed by atoms with Crippen molar-refractivity contribution in [2.75, 3.05) is 0 Å². The number of aryl methyl sites for hydroxylation is 1. The molecule has 0 aliphatic carbocycles. The van der Waals surface area contributed by atoms with E-state index >= 15 is 0 Å². The van der Waals surface area contributed by atoms with Gasteiger partial charge in [0, 0.05) is 34.4 Å². The van der Waals surface area contributed by atoms with Crippen LogP contribution in [0.1, 0.15) is 5.69 Å². The van der Waals surface area contributed by atoms with Gasteiger partial charge in [-0.1, -0.05) is 0 Å². The third-order valence-electron chi connectivity index (χ3n) is 3.56. The van der Waals surface area contributed by atoms with Gasteiger partial charge in [0.2, 0.25) is 0 Å². The minimum absolute atomic E-state index is 0.258. The molecule has 108 valence electrons. The predicted molar refractivity (Wildman–Crippen MR) is 81.1 cm³/mol. The van der Waals surface area contributed by atoms with E-state index < -0.39 is 0 Å². The third kappa shape index (κ3) is 2.05. The lowest BCUT2D eigenvalue weighted by Crippen LogP contribution is -1.99. The van der Waals surface area contributed by atoms with Gasteiger partial charge in [0.15, 0.2) is 5.82 Å². The first-order valence-electron chi connectivity index (χ1n) is 6.83. The van der Waals surface area contributed by atoms with Gasteiger partial charge in [0.25, 0.3) is 0 Å². The summed E-state index contributed by atoms with van der Waals surface area (Å²) in [5.41, 5.74) is 3.52. The van der Waals surface area contributed by atoms with E-state index in [1.807, 2.05) is 31.5 Å². The number of nitrogens with zero attached hydrogens (tertiary/aromatic N) is 4. The van der Waals surface area contributed by atoms with E-state index in [4.69, 9.17) is 0 Å². The molecule has 1 N–H and O–H groups in total. The van der Waals surface area contributed by atoms with Gasteiger partial charge in [-0.2, -0.15) is 10.2 Å². The molecule has 0 saturated carbocycles. The number of rotatable bonds is 2. The largest absolute Gasteiger partial charge is 0.360 e. The van der Waals surface area contributed by atoms with Crippen molar-refractivity contribution < 1.29 is 4.39 Å². The standard InChI is InChI=1S/C16H12FN5/c1-10-2-5-16(21-20-10)22-9-11(7-19-22)14-8-18-15-6-12(17)3-4-13(14)15/h2-9,18H,1H3. The Labute approximate surface area is 125 Å². The Balaban J connectivity index is 1.78. The second-order valence-electron chi connectivity index (χ2n) is 5.10. The first-order valence-corrected chi connectivity index (χ1v) is 6.83. The van der Waals surface area contributed by atoms with Gasteiger partial charge in [-0.15, -0.1) is 5.10 Å². The highest BCUT2D eigenvalue weighted by Crippen LogP contribution is 2.29. The Morgan fingerprint density at radius 1 is 1.14 bits per heavy atom. The molecule has 0 aliphatic heterocycles. The van der Waals surface area contributed by atoms with Gasteiger partial charge in [-0.05, 0) is 37.3 Å². The minimum Gasteiger partial charge on any atom is -0.360 e. The van der Waals surface area contributed by atoms with Crippen LogP contribution in [0.5, 0.6) is 0 Å². The fourth-order valence-corrected chi connectivity index (χ4v) is 2.44. The summed E-state index contributed by atoms with van der Waals surface area (Å²) >= 11 is 0. The summed E-state index contributed by atoms with van der Waals surface area (Å²) in [6.45, 7) is 1.89. The number of hydrogen-bond donors (Lipinski definition) is 1. The molecular formula is C16H12FN5. The van der Waals surface area contributed by atoms with Crippen LogP contribution in [0.2, 0.25) is 0 Å². The number of halogens is 1. The molecule has 22 heavy (non-hydrogen) atoms. The summed E-state index contributed by atoms with van der Waals surface area (Å²) in [7, 11) is 0. The summed E-state index contributed by atoms with van der Waals surface area (Å²) in [4.78, 5) is 3.08. The second kappa shape index (κ2) is 4.77. The average Bonchev–Trinajstić information content (AvgIpc) is 3.13. The van der Waals surface area contributed by atoms with Crippen molar-refractivity contribution in [3.63, 3.8) is 0 Å². The first-order chi connectivity index (χ1) is 10.7. The number of nitrogens with one attached hydrogen (secondary N) is 1. The molecule has 0 radical (unpaired) electrons. The maximum atomic E-state index is 13.3. The number of benzene rings is 1. The summed E-state index contributed by atoms with van der Waals surface area (Å²) in [6.07, 6.45) is 5.49. The fourth-order valence-electron chi connectivity index (χ4n) is 2.44. The molecule has 0 bridgehead atoms. The predicted octanol–water partition coefficient (Wildman–Crippen LogP) is 3.26. The van der Waals surface area contributed by atoms with Crippen molar-refractivity contribution in [1.29, 1.82) is 0 Å². The number of fused-ring (bicyclic) bond motifs is 1. The molecule has 0 amide bonds. The van der Waals surface area contributed by atoms with Crippen LogP contribution in [0, 0.1) is 12.7 Å². The van der Waals surface area contributed by atoms with Crippen LogP contribution in [0.15, 0.2) is 48.9 Å². The Kier molecular flexibility index (Phi) is 2.75. The molecule has 3 heterocycles. The molecule has 3 aromatic heterocycles. The van der Waals surface area contributed by atoms with Gasteiger partial charge in [0.1, 0.15) is 5.82 Å². The van der Waals surface area contributed by atoms with E-state index in [1.54, 1.807) is 16.9 Å². The minimum atomic E-state index is -0.258. The monoisotopic (exact) mass is 293 g/mol. The van der Waals surface area contributed by atoms with Gasteiger partial charge in [0.05, 0.1) is 11.9 Å². The zero-order valence-corrected chi connectivity index (χ0v) is 11.8. The zero-order valence-electron chi connectivity index (χ0n) is 11.8. The van der Waals surface area contributed by atoms with Gasteiger partial charge in [-0.3, -0.25) is 0 Å². The lowest BCUT2D eigenvalue weighted by Gasteiger charge is -1.98. The zero-order chi connectivity index (χ0) is 15.1. The van der Waals surface area contributed by atoms with Crippen molar-refractivity contribution in [1.82, 2.24) is 25.0 Å². The number of aromatic nitrogens is 5. The smallest absolute Gasteiger partial charge is 0.175 e. The summed E-state index contributed by atoms with van der Waals surface area (Å²) in [5, 5.41) is 13.4. The van der Waals surface area contributed by atoms with E-state index in [2.05, 4.69) is 20.3 Å². The SMILES string of the molecule is Cc1ccc(-n2cc(-c3c[nH]c4cc(F)ccc34)cn2)nn1. The normalized spacial score (nSPS) is 11.2. The lowest BCUT2D eigenvalue weighted by atomic mass is 10.1. The van der Waals surface area contributed by atoms with Crippen LogP contribution in [0.4, 0.5) is 4.39 Å². The van der Waals surface area contributed by atoms with E-state index in [9.17, 15) is 4.39 Å². The van der Waals surface area contributed by atoms with Gasteiger partial charge < -0.3 is 4.98 Å². The van der Waals surface area contributed by atoms with Crippen LogP contribution in [0.25, 0.3) is 27.8 Å². The van der Waals surface area contributed by atoms with Crippen molar-refractivity contribution in [2.24, 2.45) is 0 Å². The fraction of sp³-hybridized carbons (Fsp3) is 0.0625. The Bertz CT molecular complexity index is 952. The van der Waals surface area contributed by atoms with Gasteiger partial charge in [-0.25, -0.2) is 9.07 Å². The van der Waals surface area contributed by atoms with Crippen molar-refractivity contribution in [2.45, 2.75) is 6.92 Å². The molecule has 6 heteroatoms. The molecule has 0 unspecified atom stereocenters. The maximum Gasteiger partial charge on any atom is 0.175 e. The van der Waals surface area contributed by atoms with Crippen LogP contribution >= 0.6 is 0 Å². The first kappa shape index (κ1) is 12.7. The highest BCUT2D eigenvalue weighted by Gasteiger charge is 2.10. The summed E-state index contributed by atoms with van der Waals surface area (Å²) in [5.74, 6) is 0.397. The van der Waals surface area contributed by atoms with Gasteiger partial charge >= 0.3 is 0 Å². The molecular weight excluding hydrogens is 281 g/mol. The molecule has 4 aromatic rings. The molecule has 0 fully saturated rings. The summed E-state index contributed by atoms with van der Waals surface area (Å²) in [6, 6.07) is 8.45. The van der Waals surface area contributed by atoms with Crippen LogP contribution in [-0.2, 0) is 0 Å². The Morgan fingerprint density at radius 2 is 2.05 bits per heavy atom. The summed E-state index contributed by atoms with van der Waals surface area (Å²) < 4.78 is 14.9. The van der Waals surface area contributed by atoms with Crippen LogP contribution in [0.3, 0.4) is 0 Å². The molecule has 5 nitrogen and oxygen atoms in total. The molecule has 0 atom stereocenters. The average molecular weight is 293 g/mol. The third-order valence-corrected chi connectivity index (χ3v) is 3.56. The molecule has 4 rings (SSSR count). The van der Waals surface area contributed by atoms with Crippen LogP contribution < -0.4 is 0 Å². The molecule has 1 aromatic carbocycles. The molecule has 0 aliphatic rings.